The van der Waals surface area contributed by atoms with E-state index in [1.165, 1.54) is 49.8 Å². The van der Waals surface area contributed by atoms with Gasteiger partial charge >= 0.3 is 20.1 Å². The molecular weight excluding hydrogens is 855 g/mol. The minimum atomic E-state index is -0.375. The summed E-state index contributed by atoms with van der Waals surface area (Å²) >= 11 is 0. The molecule has 0 bridgehead atoms. The Balaban J connectivity index is 0.000000232. The average Bonchev–Trinajstić information content (AvgIpc) is 3.64. The number of hydrogen-bond donors (Lipinski definition) is 2. The van der Waals surface area contributed by atoms with E-state index in [0.29, 0.717) is 18.3 Å². The molecule has 1 aliphatic rings. The SMILES string of the molecule is CC(O)CC(C)O.Cc1cc(C)cc(-c2cc(C(C)C)c(N3C=CN(c4[c-]cccc4)[CH-]3)c(C(C)C)c2)c1.[Ir+3].[c-]1ccccc1-c1nccc2ccccc12. The van der Waals surface area contributed by atoms with Gasteiger partial charge < -0.3 is 25.0 Å². The molecule has 1 aromatic heterocycles. The van der Waals surface area contributed by atoms with Gasteiger partial charge in [0.2, 0.25) is 0 Å². The fourth-order valence-electron chi connectivity index (χ4n) is 6.71. The number of aliphatic hydroxyl groups is 2. The fraction of sp³-hybridized carbons (Fsp3) is 0.265. The monoisotopic (exact) mass is 909 g/mol. The minimum Gasteiger partial charge on any atom is -0.500 e. The maximum atomic E-state index is 8.56. The molecule has 2 unspecified atom stereocenters. The first-order valence-corrected chi connectivity index (χ1v) is 18.9. The quantitative estimate of drug-likeness (QED) is 0.149. The number of fused-ring (bicyclic) bond motifs is 1. The number of aliphatic hydroxyl groups excluding tert-OH is 2. The van der Waals surface area contributed by atoms with E-state index in [1.54, 1.807) is 13.8 Å². The predicted octanol–water partition coefficient (Wildman–Crippen LogP) is 11.8. The molecule has 0 aliphatic carbocycles. The second kappa shape index (κ2) is 20.4. The maximum absolute atomic E-state index is 8.56. The number of benzene rings is 5. The number of nitrogens with zero attached hydrogens (tertiary/aromatic N) is 3. The molecule has 2 heterocycles. The van der Waals surface area contributed by atoms with Crippen molar-refractivity contribution >= 4 is 22.1 Å². The second-order valence-corrected chi connectivity index (χ2v) is 14.8. The van der Waals surface area contributed by atoms with Gasteiger partial charge in [0.25, 0.3) is 0 Å². The van der Waals surface area contributed by atoms with Crippen LogP contribution in [0.1, 0.15) is 82.1 Å². The van der Waals surface area contributed by atoms with Crippen molar-refractivity contribution in [2.75, 3.05) is 9.80 Å². The molecule has 2 atom stereocenters. The van der Waals surface area contributed by atoms with Crippen LogP contribution in [0.3, 0.4) is 0 Å². The van der Waals surface area contributed by atoms with E-state index < -0.39 is 0 Å². The molecule has 6 heteroatoms. The van der Waals surface area contributed by atoms with Crippen LogP contribution in [-0.4, -0.2) is 27.4 Å². The Morgan fingerprint density at radius 2 is 1.22 bits per heavy atom. The van der Waals surface area contributed by atoms with Crippen LogP contribution in [0, 0.1) is 32.6 Å². The van der Waals surface area contributed by atoms with Crippen LogP contribution in [0.25, 0.3) is 33.2 Å². The van der Waals surface area contributed by atoms with Gasteiger partial charge in [-0.15, -0.1) is 48.3 Å². The summed E-state index contributed by atoms with van der Waals surface area (Å²) in [7, 11) is 0. The van der Waals surface area contributed by atoms with E-state index in [2.05, 4.69) is 136 Å². The average molecular weight is 909 g/mol. The first-order chi connectivity index (χ1) is 25.9. The molecule has 0 amide bonds. The van der Waals surface area contributed by atoms with Gasteiger partial charge in [0.1, 0.15) is 0 Å². The summed E-state index contributed by atoms with van der Waals surface area (Å²) in [5.74, 6) is 0.829. The zero-order valence-corrected chi connectivity index (χ0v) is 35.7. The van der Waals surface area contributed by atoms with E-state index >= 15 is 0 Å². The van der Waals surface area contributed by atoms with Crippen molar-refractivity contribution in [3.63, 3.8) is 0 Å². The van der Waals surface area contributed by atoms with Gasteiger partial charge in [-0.1, -0.05) is 81.3 Å². The van der Waals surface area contributed by atoms with Gasteiger partial charge in [0, 0.05) is 11.9 Å². The molecule has 7 rings (SSSR count). The van der Waals surface area contributed by atoms with Crippen LogP contribution in [0.4, 0.5) is 11.4 Å². The molecule has 5 nitrogen and oxygen atoms in total. The van der Waals surface area contributed by atoms with Crippen molar-refractivity contribution in [2.45, 2.75) is 85.9 Å². The smallest absolute Gasteiger partial charge is 0.500 e. The third kappa shape index (κ3) is 11.7. The number of aryl methyl sites for hydroxylation is 2. The van der Waals surface area contributed by atoms with E-state index in [1.807, 2.05) is 66.9 Å². The molecule has 0 spiro atoms. The van der Waals surface area contributed by atoms with E-state index in [-0.39, 0.29) is 32.3 Å². The number of anilines is 2. The van der Waals surface area contributed by atoms with Gasteiger partial charge in [-0.25, -0.2) is 0 Å². The Bertz CT molecular complexity index is 2070. The number of rotatable bonds is 8. The van der Waals surface area contributed by atoms with Crippen molar-refractivity contribution in [2.24, 2.45) is 0 Å². The Labute approximate surface area is 342 Å². The minimum absolute atomic E-state index is 0. The summed E-state index contributed by atoms with van der Waals surface area (Å²) in [6, 6.07) is 44.5. The molecule has 1 aliphatic heterocycles. The summed E-state index contributed by atoms with van der Waals surface area (Å²) < 4.78 is 0. The molecule has 55 heavy (non-hydrogen) atoms. The van der Waals surface area contributed by atoms with E-state index in [4.69, 9.17) is 10.2 Å². The van der Waals surface area contributed by atoms with Crippen molar-refractivity contribution in [3.8, 4) is 22.4 Å². The van der Waals surface area contributed by atoms with Crippen molar-refractivity contribution < 1.29 is 30.3 Å². The zero-order chi connectivity index (χ0) is 38.8. The fourth-order valence-corrected chi connectivity index (χ4v) is 6.71. The van der Waals surface area contributed by atoms with Crippen molar-refractivity contribution in [1.29, 1.82) is 0 Å². The summed E-state index contributed by atoms with van der Waals surface area (Å²) in [5, 5.41) is 19.5. The molecule has 6 aromatic rings. The van der Waals surface area contributed by atoms with Crippen LogP contribution >= 0.6 is 0 Å². The molecule has 0 radical (unpaired) electrons. The molecule has 0 fully saturated rings. The zero-order valence-electron chi connectivity index (χ0n) is 33.3. The molecule has 0 saturated heterocycles. The molecule has 0 saturated carbocycles. The normalized spacial score (nSPS) is 13.2. The van der Waals surface area contributed by atoms with E-state index in [9.17, 15) is 0 Å². The van der Waals surface area contributed by atoms with Gasteiger partial charge in [-0.05, 0) is 115 Å². The summed E-state index contributed by atoms with van der Waals surface area (Å²) in [4.78, 5) is 8.85. The predicted molar refractivity (Wildman–Crippen MR) is 227 cm³/mol. The van der Waals surface area contributed by atoms with Crippen LogP contribution in [-0.2, 0) is 20.1 Å². The second-order valence-electron chi connectivity index (χ2n) is 14.8. The summed E-state index contributed by atoms with van der Waals surface area (Å²) in [6.45, 7) is 19.0. The third-order valence-electron chi connectivity index (χ3n) is 9.15. The standard InChI is InChI=1S/C29H32N2.C15H10N.C5H12O2.Ir/c1-20(2)27-17-25(24-15-22(5)14-23(6)16-24)18-28(21(3)4)29(27)31-13-12-30(19-31)26-10-8-7-9-11-26;1-2-7-13(8-3-1)15-14-9-5-4-6-12(14)10-11-16-15;1-4(6)3-5(2)7;/h7-10,12-21H,1-6H3;1-7,9-11H;4-7H,3H2,1-2H3;/q-2;-1;;+3. The first-order valence-electron chi connectivity index (χ1n) is 18.9. The maximum Gasteiger partial charge on any atom is 3.00 e. The van der Waals surface area contributed by atoms with Crippen molar-refractivity contribution in [1.82, 2.24) is 4.98 Å². The number of pyridine rings is 1. The van der Waals surface area contributed by atoms with E-state index in [0.717, 1.165) is 16.9 Å². The molecule has 2 N–H and O–H groups in total. The Morgan fingerprint density at radius 3 is 1.76 bits per heavy atom. The summed E-state index contributed by atoms with van der Waals surface area (Å²) in [6.07, 6.45) is 5.83. The Kier molecular flexibility index (Phi) is 16.0. The van der Waals surface area contributed by atoms with Crippen LogP contribution in [0.2, 0.25) is 0 Å². The van der Waals surface area contributed by atoms with Gasteiger partial charge in [-0.3, -0.25) is 0 Å². The Morgan fingerprint density at radius 1 is 0.655 bits per heavy atom. The van der Waals surface area contributed by atoms with Crippen LogP contribution < -0.4 is 9.80 Å². The summed E-state index contributed by atoms with van der Waals surface area (Å²) in [5.41, 5.74) is 12.4. The van der Waals surface area contributed by atoms with Gasteiger partial charge in [0.05, 0.1) is 12.2 Å². The number of para-hydroxylation sites is 1. The molecule has 286 valence electrons. The van der Waals surface area contributed by atoms with Crippen molar-refractivity contribution in [3.05, 3.63) is 169 Å². The van der Waals surface area contributed by atoms with Crippen LogP contribution in [0.15, 0.2) is 128 Å². The number of aromatic nitrogens is 1. The first kappa shape index (κ1) is 43.2. The van der Waals surface area contributed by atoms with Gasteiger partial charge in [0.15, 0.2) is 0 Å². The topological polar surface area (TPSA) is 59.8 Å². The van der Waals surface area contributed by atoms with Gasteiger partial charge in [-0.2, -0.15) is 30.3 Å². The molecular formula is C49H54IrN3O2. The number of hydrogen-bond acceptors (Lipinski definition) is 5. The Hall–Kier alpha value is -4.58. The largest absolute Gasteiger partial charge is 3.00 e. The third-order valence-corrected chi connectivity index (χ3v) is 9.15. The molecule has 5 aromatic carbocycles. The van der Waals surface area contributed by atoms with Crippen LogP contribution in [0.5, 0.6) is 0 Å².